The van der Waals surface area contributed by atoms with Crippen molar-refractivity contribution in [3.63, 3.8) is 0 Å². The SMILES string of the molecule is COc1ccc(-c2ncnc(C(F)(F)F)c2-c2ccc(Cl)cc2)c(O)c1. The van der Waals surface area contributed by atoms with Crippen molar-refractivity contribution in [1.29, 1.82) is 0 Å². The molecule has 0 bridgehead atoms. The maximum atomic E-state index is 13.5. The predicted octanol–water partition coefficient (Wildman–Crippen LogP) is 5.20. The maximum absolute atomic E-state index is 13.5. The summed E-state index contributed by atoms with van der Waals surface area (Å²) in [6.45, 7) is 0. The first kappa shape index (κ1) is 18.0. The third kappa shape index (κ3) is 3.43. The lowest BCUT2D eigenvalue weighted by Gasteiger charge is -2.16. The quantitative estimate of drug-likeness (QED) is 0.678. The highest BCUT2D eigenvalue weighted by molar-refractivity contribution is 6.30. The number of phenolic OH excluding ortho intramolecular Hbond substituents is 1. The number of aromatic nitrogens is 2. The van der Waals surface area contributed by atoms with Crippen LogP contribution in [-0.2, 0) is 6.18 Å². The number of benzene rings is 2. The summed E-state index contributed by atoms with van der Waals surface area (Å²) in [7, 11) is 1.42. The molecule has 2 aromatic carbocycles. The number of phenols is 1. The summed E-state index contributed by atoms with van der Waals surface area (Å²) in [6.07, 6.45) is -3.88. The van der Waals surface area contributed by atoms with Crippen molar-refractivity contribution < 1.29 is 23.0 Å². The van der Waals surface area contributed by atoms with E-state index in [-0.39, 0.29) is 28.1 Å². The Labute approximate surface area is 151 Å². The molecule has 0 unspecified atom stereocenters. The van der Waals surface area contributed by atoms with E-state index in [1.807, 2.05) is 0 Å². The van der Waals surface area contributed by atoms with Crippen LogP contribution >= 0.6 is 11.6 Å². The van der Waals surface area contributed by atoms with E-state index in [2.05, 4.69) is 9.97 Å². The summed E-state index contributed by atoms with van der Waals surface area (Å²) < 4.78 is 45.6. The van der Waals surface area contributed by atoms with Gasteiger partial charge in [-0.25, -0.2) is 9.97 Å². The van der Waals surface area contributed by atoms with Gasteiger partial charge in [-0.2, -0.15) is 13.2 Å². The Balaban J connectivity index is 2.31. The number of nitrogens with zero attached hydrogens (tertiary/aromatic N) is 2. The van der Waals surface area contributed by atoms with Gasteiger partial charge in [0.05, 0.1) is 12.8 Å². The van der Waals surface area contributed by atoms with Crippen molar-refractivity contribution >= 4 is 11.6 Å². The van der Waals surface area contributed by atoms with Crippen molar-refractivity contribution in [3.8, 4) is 33.9 Å². The summed E-state index contributed by atoms with van der Waals surface area (Å²) in [5, 5.41) is 10.6. The van der Waals surface area contributed by atoms with Crippen LogP contribution in [0.4, 0.5) is 13.2 Å². The number of hydrogen-bond donors (Lipinski definition) is 1. The van der Waals surface area contributed by atoms with E-state index in [0.29, 0.717) is 10.8 Å². The maximum Gasteiger partial charge on any atom is 0.434 e. The number of methoxy groups -OCH3 is 1. The molecule has 3 aromatic rings. The van der Waals surface area contributed by atoms with E-state index < -0.39 is 11.9 Å². The third-order valence-corrected chi connectivity index (χ3v) is 3.96. The van der Waals surface area contributed by atoms with Crippen LogP contribution in [0.25, 0.3) is 22.4 Å². The average molecular weight is 381 g/mol. The van der Waals surface area contributed by atoms with Crippen LogP contribution in [0.2, 0.25) is 5.02 Å². The van der Waals surface area contributed by atoms with Gasteiger partial charge >= 0.3 is 6.18 Å². The lowest BCUT2D eigenvalue weighted by atomic mass is 9.96. The van der Waals surface area contributed by atoms with Gasteiger partial charge in [-0.3, -0.25) is 0 Å². The lowest BCUT2D eigenvalue weighted by Crippen LogP contribution is -2.12. The standard InChI is InChI=1S/C18H12ClF3N2O2/c1-26-12-6-7-13(14(25)8-12)16-15(10-2-4-11(19)5-3-10)17(18(20,21)22)24-9-23-16/h2-9,25H,1H3. The molecule has 8 heteroatoms. The minimum Gasteiger partial charge on any atom is -0.507 e. The molecule has 1 heterocycles. The Morgan fingerprint density at radius 3 is 2.31 bits per heavy atom. The topological polar surface area (TPSA) is 55.2 Å². The monoisotopic (exact) mass is 380 g/mol. The largest absolute Gasteiger partial charge is 0.507 e. The van der Waals surface area contributed by atoms with Crippen LogP contribution in [0.3, 0.4) is 0 Å². The Bertz CT molecular complexity index is 944. The van der Waals surface area contributed by atoms with Crippen molar-refractivity contribution in [3.05, 3.63) is 59.5 Å². The molecule has 1 N–H and O–H groups in total. The first-order valence-electron chi connectivity index (χ1n) is 7.36. The Morgan fingerprint density at radius 1 is 1.04 bits per heavy atom. The van der Waals surface area contributed by atoms with Crippen molar-refractivity contribution in [2.75, 3.05) is 7.11 Å². The van der Waals surface area contributed by atoms with E-state index >= 15 is 0 Å². The van der Waals surface area contributed by atoms with Crippen LogP contribution in [0.5, 0.6) is 11.5 Å². The second kappa shape index (κ2) is 6.84. The molecule has 0 spiro atoms. The highest BCUT2D eigenvalue weighted by atomic mass is 35.5. The Kier molecular flexibility index (Phi) is 4.73. The number of aromatic hydroxyl groups is 1. The average Bonchev–Trinajstić information content (AvgIpc) is 2.61. The highest BCUT2D eigenvalue weighted by Gasteiger charge is 2.37. The second-order valence-electron chi connectivity index (χ2n) is 5.33. The van der Waals surface area contributed by atoms with E-state index in [9.17, 15) is 18.3 Å². The van der Waals surface area contributed by atoms with Gasteiger partial charge in [-0.15, -0.1) is 0 Å². The fourth-order valence-corrected chi connectivity index (χ4v) is 2.66. The number of ether oxygens (including phenoxy) is 1. The van der Waals surface area contributed by atoms with Crippen LogP contribution < -0.4 is 4.74 Å². The minimum absolute atomic E-state index is 0.0465. The summed E-state index contributed by atoms with van der Waals surface area (Å²) in [4.78, 5) is 7.42. The van der Waals surface area contributed by atoms with Gasteiger partial charge < -0.3 is 9.84 Å². The second-order valence-corrected chi connectivity index (χ2v) is 5.77. The van der Waals surface area contributed by atoms with E-state index in [0.717, 1.165) is 6.33 Å². The van der Waals surface area contributed by atoms with Crippen LogP contribution in [-0.4, -0.2) is 22.2 Å². The highest BCUT2D eigenvalue weighted by Crippen LogP contribution is 2.43. The third-order valence-electron chi connectivity index (χ3n) is 3.71. The molecule has 0 amide bonds. The van der Waals surface area contributed by atoms with Gasteiger partial charge in [0.15, 0.2) is 5.69 Å². The van der Waals surface area contributed by atoms with Crippen LogP contribution in [0, 0.1) is 0 Å². The van der Waals surface area contributed by atoms with Gasteiger partial charge in [-0.1, -0.05) is 23.7 Å². The Morgan fingerprint density at radius 2 is 1.73 bits per heavy atom. The number of halogens is 4. The van der Waals surface area contributed by atoms with Crippen molar-refractivity contribution in [2.24, 2.45) is 0 Å². The summed E-state index contributed by atoms with van der Waals surface area (Å²) in [5.74, 6) is 0.107. The van der Waals surface area contributed by atoms with E-state index in [4.69, 9.17) is 16.3 Å². The molecule has 0 saturated heterocycles. The zero-order valence-corrected chi connectivity index (χ0v) is 14.1. The number of rotatable bonds is 3. The molecule has 4 nitrogen and oxygen atoms in total. The molecule has 0 aliphatic carbocycles. The molecular formula is C18H12ClF3N2O2. The van der Waals surface area contributed by atoms with Gasteiger partial charge in [0, 0.05) is 22.2 Å². The molecule has 134 valence electrons. The van der Waals surface area contributed by atoms with Crippen molar-refractivity contribution in [2.45, 2.75) is 6.18 Å². The molecule has 0 saturated carbocycles. The minimum atomic E-state index is -4.70. The van der Waals surface area contributed by atoms with Gasteiger partial charge in [-0.05, 0) is 29.8 Å². The van der Waals surface area contributed by atoms with Crippen molar-refractivity contribution in [1.82, 2.24) is 9.97 Å². The first-order valence-corrected chi connectivity index (χ1v) is 7.74. The molecule has 0 radical (unpaired) electrons. The lowest BCUT2D eigenvalue weighted by molar-refractivity contribution is -0.140. The summed E-state index contributed by atoms with van der Waals surface area (Å²) >= 11 is 5.84. The van der Waals surface area contributed by atoms with Crippen LogP contribution in [0.1, 0.15) is 5.69 Å². The zero-order valence-electron chi connectivity index (χ0n) is 13.4. The van der Waals surface area contributed by atoms with E-state index in [1.54, 1.807) is 0 Å². The van der Waals surface area contributed by atoms with Crippen LogP contribution in [0.15, 0.2) is 48.8 Å². The smallest absolute Gasteiger partial charge is 0.434 e. The molecule has 1 aromatic heterocycles. The molecule has 0 aliphatic heterocycles. The molecular weight excluding hydrogens is 369 g/mol. The predicted molar refractivity (Wildman–Crippen MR) is 91.1 cm³/mol. The molecule has 0 fully saturated rings. The number of hydrogen-bond acceptors (Lipinski definition) is 4. The first-order chi connectivity index (χ1) is 12.3. The zero-order chi connectivity index (χ0) is 18.9. The number of alkyl halides is 3. The fraction of sp³-hybridized carbons (Fsp3) is 0.111. The molecule has 0 aliphatic rings. The van der Waals surface area contributed by atoms with Gasteiger partial charge in [0.25, 0.3) is 0 Å². The summed E-state index contributed by atoms with van der Waals surface area (Å²) in [6, 6.07) is 10.1. The molecule has 26 heavy (non-hydrogen) atoms. The van der Waals surface area contributed by atoms with Gasteiger partial charge in [0.1, 0.15) is 17.8 Å². The Hall–Kier alpha value is -2.80. The van der Waals surface area contributed by atoms with E-state index in [1.165, 1.54) is 49.6 Å². The summed E-state index contributed by atoms with van der Waals surface area (Å²) in [5.41, 5.74) is -1.02. The van der Waals surface area contributed by atoms with Gasteiger partial charge in [0.2, 0.25) is 0 Å². The molecule has 3 rings (SSSR count). The molecule has 0 atom stereocenters. The normalized spacial score (nSPS) is 11.4. The fourth-order valence-electron chi connectivity index (χ4n) is 2.53.